The molecule has 1 aromatic heterocycles. The highest BCUT2D eigenvalue weighted by Gasteiger charge is 2.57. The van der Waals surface area contributed by atoms with Crippen molar-refractivity contribution in [2.75, 3.05) is 12.8 Å². The maximum atomic E-state index is 15.4. The second-order valence-corrected chi connectivity index (χ2v) is 9.92. The number of aryl methyl sites for hydroxylation is 1. The fourth-order valence-electron chi connectivity index (χ4n) is 4.10. The molecule has 2 N–H and O–H groups in total. The normalized spacial score (nSPS) is 22.3. The molecule has 1 saturated heterocycles. The number of amides is 2. The summed E-state index contributed by atoms with van der Waals surface area (Å²) >= 11 is 0. The molecular formula is C21H23F3N4O4S. The van der Waals surface area contributed by atoms with Gasteiger partial charge in [-0.05, 0) is 30.5 Å². The average Bonchev–Trinajstić information content (AvgIpc) is 2.97. The SMILES string of the molecule is CCc1ccc2nc1Oc1cccc(c1F)C[C@H]1[C@@H](NS(C)(=O)=O)C(F)(F)CN1C(=O)NC2. The minimum absolute atomic E-state index is 0.00162. The van der Waals surface area contributed by atoms with E-state index in [9.17, 15) is 22.0 Å². The summed E-state index contributed by atoms with van der Waals surface area (Å²) < 4.78 is 76.3. The zero-order valence-corrected chi connectivity index (χ0v) is 18.8. The van der Waals surface area contributed by atoms with Gasteiger partial charge in [0, 0.05) is 5.56 Å². The van der Waals surface area contributed by atoms with Crippen LogP contribution in [0, 0.1) is 5.82 Å². The van der Waals surface area contributed by atoms with Crippen molar-refractivity contribution in [1.82, 2.24) is 19.9 Å². The first kappa shape index (κ1) is 23.3. The maximum absolute atomic E-state index is 15.4. The number of nitrogens with zero attached hydrogens (tertiary/aromatic N) is 2. The Balaban J connectivity index is 1.82. The summed E-state index contributed by atoms with van der Waals surface area (Å²) in [5.74, 6) is -4.32. The van der Waals surface area contributed by atoms with Crippen LogP contribution in [0.2, 0.25) is 0 Å². The van der Waals surface area contributed by atoms with E-state index in [0.717, 1.165) is 16.7 Å². The molecule has 4 rings (SSSR count). The summed E-state index contributed by atoms with van der Waals surface area (Å²) in [6.45, 7) is 0.774. The van der Waals surface area contributed by atoms with E-state index in [1.807, 2.05) is 11.6 Å². The molecule has 2 aliphatic rings. The number of alkyl halides is 2. The molecule has 0 radical (unpaired) electrons. The smallest absolute Gasteiger partial charge is 0.318 e. The molecule has 33 heavy (non-hydrogen) atoms. The number of fused-ring (bicyclic) bond motifs is 5. The number of ether oxygens (including phenoxy) is 1. The second-order valence-electron chi connectivity index (χ2n) is 8.14. The van der Waals surface area contributed by atoms with Crippen LogP contribution < -0.4 is 14.8 Å². The lowest BCUT2D eigenvalue weighted by Gasteiger charge is -2.28. The van der Waals surface area contributed by atoms with Crippen molar-refractivity contribution in [3.05, 3.63) is 53.0 Å². The lowest BCUT2D eigenvalue weighted by molar-refractivity contribution is -0.00453. The maximum Gasteiger partial charge on any atom is 0.318 e. The molecule has 3 heterocycles. The molecular weight excluding hydrogens is 461 g/mol. The van der Waals surface area contributed by atoms with E-state index in [0.29, 0.717) is 12.1 Å². The van der Waals surface area contributed by atoms with Crippen LogP contribution in [-0.4, -0.2) is 55.1 Å². The van der Waals surface area contributed by atoms with Gasteiger partial charge in [-0.25, -0.2) is 36.1 Å². The summed E-state index contributed by atoms with van der Waals surface area (Å²) in [5.41, 5.74) is 1.11. The molecule has 8 nitrogen and oxygen atoms in total. The molecule has 0 unspecified atom stereocenters. The molecule has 1 aromatic carbocycles. The lowest BCUT2D eigenvalue weighted by Crippen LogP contribution is -2.53. The Morgan fingerprint density at radius 1 is 1.30 bits per heavy atom. The van der Waals surface area contributed by atoms with Crippen LogP contribution in [0.25, 0.3) is 0 Å². The highest BCUT2D eigenvalue weighted by atomic mass is 32.2. The van der Waals surface area contributed by atoms with Gasteiger partial charge in [0.2, 0.25) is 15.9 Å². The summed E-state index contributed by atoms with van der Waals surface area (Å²) in [7, 11) is -4.04. The van der Waals surface area contributed by atoms with Crippen LogP contribution in [0.1, 0.15) is 23.7 Å². The molecule has 0 aliphatic carbocycles. The van der Waals surface area contributed by atoms with Crippen molar-refractivity contribution in [2.24, 2.45) is 0 Å². The number of sulfonamides is 1. The molecule has 12 heteroatoms. The van der Waals surface area contributed by atoms with Crippen LogP contribution in [0.3, 0.4) is 0 Å². The number of nitrogens with one attached hydrogen (secondary N) is 2. The predicted molar refractivity (Wildman–Crippen MR) is 113 cm³/mol. The first-order valence-electron chi connectivity index (χ1n) is 10.3. The van der Waals surface area contributed by atoms with Crippen LogP contribution in [0.5, 0.6) is 11.6 Å². The Labute approximate surface area is 189 Å². The van der Waals surface area contributed by atoms with E-state index < -0.39 is 46.4 Å². The number of carbonyl (C=O) groups excluding carboxylic acids is 1. The summed E-state index contributed by atoms with van der Waals surface area (Å²) in [6.07, 6.45) is 0.967. The van der Waals surface area contributed by atoms with Gasteiger partial charge in [-0.3, -0.25) is 0 Å². The van der Waals surface area contributed by atoms with E-state index >= 15 is 4.39 Å². The van der Waals surface area contributed by atoms with Crippen molar-refractivity contribution in [3.63, 3.8) is 0 Å². The molecule has 0 saturated carbocycles. The standard InChI is InChI=1S/C21H23F3N4O4S/c1-3-12-7-8-14-10-25-20(29)28-11-21(23,24)18(27-33(2,30)31)15(28)9-13-5-4-6-16(17(13)22)32-19(12)26-14/h4-8,15,18,27H,3,9-11H2,1-2H3,(H,25,29)/t15-,18+/m0/s1. The van der Waals surface area contributed by atoms with E-state index in [1.165, 1.54) is 18.2 Å². The number of rotatable bonds is 3. The predicted octanol–water partition coefficient (Wildman–Crippen LogP) is 2.58. The average molecular weight is 485 g/mol. The molecule has 1 fully saturated rings. The van der Waals surface area contributed by atoms with Crippen molar-refractivity contribution in [2.45, 2.75) is 44.3 Å². The fraction of sp³-hybridized carbons (Fsp3) is 0.429. The Bertz CT molecular complexity index is 1190. The first-order valence-corrected chi connectivity index (χ1v) is 12.2. The first-order chi connectivity index (χ1) is 15.5. The van der Waals surface area contributed by atoms with Gasteiger partial charge < -0.3 is 15.0 Å². The summed E-state index contributed by atoms with van der Waals surface area (Å²) in [4.78, 5) is 18.1. The Kier molecular flexibility index (Phi) is 5.99. The van der Waals surface area contributed by atoms with Crippen LogP contribution in [0.15, 0.2) is 30.3 Å². The fourth-order valence-corrected chi connectivity index (χ4v) is 4.89. The number of aromatic nitrogens is 1. The van der Waals surface area contributed by atoms with Gasteiger partial charge in [0.25, 0.3) is 5.92 Å². The lowest BCUT2D eigenvalue weighted by atomic mass is 9.98. The largest absolute Gasteiger partial charge is 0.436 e. The third-order valence-corrected chi connectivity index (χ3v) is 6.38. The highest BCUT2D eigenvalue weighted by molar-refractivity contribution is 7.88. The van der Waals surface area contributed by atoms with Gasteiger partial charge in [0.15, 0.2) is 11.6 Å². The van der Waals surface area contributed by atoms with Crippen molar-refractivity contribution >= 4 is 16.1 Å². The quantitative estimate of drug-likeness (QED) is 0.698. The zero-order valence-electron chi connectivity index (χ0n) is 17.9. The third kappa shape index (κ3) is 4.76. The van der Waals surface area contributed by atoms with Gasteiger partial charge in [-0.1, -0.05) is 25.1 Å². The number of halogens is 3. The Hall–Kier alpha value is -2.86. The minimum Gasteiger partial charge on any atom is -0.436 e. The Morgan fingerprint density at radius 3 is 2.76 bits per heavy atom. The Morgan fingerprint density at radius 2 is 2.06 bits per heavy atom. The molecule has 4 bridgehead atoms. The molecule has 2 aromatic rings. The van der Waals surface area contributed by atoms with Crippen LogP contribution >= 0.6 is 0 Å². The van der Waals surface area contributed by atoms with Crippen molar-refractivity contribution < 1.29 is 31.1 Å². The van der Waals surface area contributed by atoms with E-state index in [-0.39, 0.29) is 30.2 Å². The molecule has 2 amide bonds. The van der Waals surface area contributed by atoms with Crippen LogP contribution in [-0.2, 0) is 29.4 Å². The van der Waals surface area contributed by atoms with E-state index in [2.05, 4.69) is 10.3 Å². The number of hydrogen-bond acceptors (Lipinski definition) is 5. The second kappa shape index (κ2) is 8.49. The van der Waals surface area contributed by atoms with Crippen LogP contribution in [0.4, 0.5) is 18.0 Å². The highest BCUT2D eigenvalue weighted by Crippen LogP contribution is 2.37. The number of hydrogen-bond donors (Lipinski definition) is 2. The van der Waals surface area contributed by atoms with Crippen molar-refractivity contribution in [1.29, 1.82) is 0 Å². The number of pyridine rings is 1. The van der Waals surface area contributed by atoms with Gasteiger partial charge in [0.05, 0.1) is 31.1 Å². The van der Waals surface area contributed by atoms with Gasteiger partial charge in [-0.2, -0.15) is 0 Å². The van der Waals surface area contributed by atoms with Gasteiger partial charge in [-0.15, -0.1) is 0 Å². The van der Waals surface area contributed by atoms with Gasteiger partial charge in [0.1, 0.15) is 6.04 Å². The van der Waals surface area contributed by atoms with E-state index in [4.69, 9.17) is 4.74 Å². The summed E-state index contributed by atoms with van der Waals surface area (Å²) in [5, 5.41) is 2.55. The van der Waals surface area contributed by atoms with Gasteiger partial charge >= 0.3 is 6.03 Å². The topological polar surface area (TPSA) is 101 Å². The minimum atomic E-state index is -4.04. The summed E-state index contributed by atoms with van der Waals surface area (Å²) in [6, 6.07) is 3.56. The number of urea groups is 1. The molecule has 178 valence electrons. The monoisotopic (exact) mass is 484 g/mol. The van der Waals surface area contributed by atoms with E-state index in [1.54, 1.807) is 12.1 Å². The number of benzene rings is 1. The number of carbonyl (C=O) groups is 1. The zero-order chi connectivity index (χ0) is 24.0. The molecule has 2 atom stereocenters. The third-order valence-electron chi connectivity index (χ3n) is 5.70. The van der Waals surface area contributed by atoms with Crippen molar-refractivity contribution in [3.8, 4) is 11.6 Å². The molecule has 0 spiro atoms. The molecule has 2 aliphatic heterocycles.